The van der Waals surface area contributed by atoms with Gasteiger partial charge in [0.2, 0.25) is 0 Å². The van der Waals surface area contributed by atoms with Gasteiger partial charge in [-0.3, -0.25) is 4.79 Å². The molecule has 2 rings (SSSR count). The first kappa shape index (κ1) is 12.9. The molecule has 0 radical (unpaired) electrons. The van der Waals surface area contributed by atoms with E-state index in [2.05, 4.69) is 6.92 Å². The van der Waals surface area contributed by atoms with E-state index in [1.165, 1.54) is 6.42 Å². The van der Waals surface area contributed by atoms with E-state index in [0.29, 0.717) is 5.69 Å². The van der Waals surface area contributed by atoms with E-state index in [-0.39, 0.29) is 5.91 Å². The van der Waals surface area contributed by atoms with Gasteiger partial charge in [-0.25, -0.2) is 0 Å². The van der Waals surface area contributed by atoms with Crippen molar-refractivity contribution < 1.29 is 4.79 Å². The van der Waals surface area contributed by atoms with Crippen molar-refractivity contribution in [1.29, 1.82) is 0 Å². The lowest BCUT2D eigenvalue weighted by atomic mass is 10.0. The Bertz CT molecular complexity index is 442. The van der Waals surface area contributed by atoms with E-state index >= 15 is 0 Å². The molecule has 98 valence electrons. The molecule has 3 nitrogen and oxygen atoms in total. The van der Waals surface area contributed by atoms with E-state index < -0.39 is 0 Å². The Labute approximate surface area is 109 Å². The Balaban J connectivity index is 2.18. The summed E-state index contributed by atoms with van der Waals surface area (Å²) in [4.78, 5) is 14.5. The van der Waals surface area contributed by atoms with Gasteiger partial charge in [0.25, 0.3) is 5.91 Å². The van der Waals surface area contributed by atoms with Crippen molar-refractivity contribution in [3.8, 4) is 0 Å². The molecule has 2 N–H and O–H groups in total. The van der Waals surface area contributed by atoms with Crippen LogP contribution in [0.3, 0.4) is 0 Å². The Hall–Kier alpha value is -1.51. The van der Waals surface area contributed by atoms with Crippen molar-refractivity contribution in [3.05, 3.63) is 29.3 Å². The predicted molar refractivity (Wildman–Crippen MR) is 74.5 cm³/mol. The molecule has 1 aromatic rings. The lowest BCUT2D eigenvalue weighted by Crippen LogP contribution is -2.32. The van der Waals surface area contributed by atoms with Gasteiger partial charge in [0, 0.05) is 24.3 Å². The minimum absolute atomic E-state index is 0.133. The first-order valence-electron chi connectivity index (χ1n) is 6.74. The summed E-state index contributed by atoms with van der Waals surface area (Å²) in [5, 5.41) is 0. The van der Waals surface area contributed by atoms with Crippen molar-refractivity contribution in [3.63, 3.8) is 0 Å². The van der Waals surface area contributed by atoms with Gasteiger partial charge in [-0.2, -0.15) is 0 Å². The summed E-state index contributed by atoms with van der Waals surface area (Å²) in [6, 6.07) is 5.58. The molecule has 0 aliphatic carbocycles. The number of rotatable bonds is 1. The highest BCUT2D eigenvalue weighted by Crippen LogP contribution is 2.21. The van der Waals surface area contributed by atoms with Crippen LogP contribution in [0.25, 0.3) is 0 Å². The number of anilines is 1. The van der Waals surface area contributed by atoms with Gasteiger partial charge >= 0.3 is 0 Å². The molecule has 0 saturated carbocycles. The van der Waals surface area contributed by atoms with Gasteiger partial charge in [-0.15, -0.1) is 0 Å². The van der Waals surface area contributed by atoms with Crippen LogP contribution in [0.1, 0.15) is 42.1 Å². The van der Waals surface area contributed by atoms with E-state index in [0.717, 1.165) is 43.0 Å². The molecule has 1 heterocycles. The Morgan fingerprint density at radius 1 is 1.33 bits per heavy atom. The molecular weight excluding hydrogens is 224 g/mol. The van der Waals surface area contributed by atoms with Crippen molar-refractivity contribution in [1.82, 2.24) is 4.90 Å². The molecule has 18 heavy (non-hydrogen) atoms. The van der Waals surface area contributed by atoms with E-state index in [9.17, 15) is 4.79 Å². The number of carbonyl (C=O) groups excluding carboxylic acids is 1. The number of hydrogen-bond donors (Lipinski definition) is 1. The smallest absolute Gasteiger partial charge is 0.254 e. The first-order valence-corrected chi connectivity index (χ1v) is 6.74. The van der Waals surface area contributed by atoms with Crippen LogP contribution in [0.15, 0.2) is 18.2 Å². The molecule has 0 bridgehead atoms. The summed E-state index contributed by atoms with van der Waals surface area (Å²) in [7, 11) is 0. The second kappa shape index (κ2) is 5.42. The minimum Gasteiger partial charge on any atom is -0.398 e. The van der Waals surface area contributed by atoms with Gasteiger partial charge in [-0.1, -0.05) is 13.0 Å². The maximum Gasteiger partial charge on any atom is 0.254 e. The van der Waals surface area contributed by atoms with Crippen LogP contribution in [0.2, 0.25) is 0 Å². The SMILES string of the molecule is Cc1c(N)cccc1C(=O)N1CCCC(C)CC1. The average Bonchev–Trinajstić information content (AvgIpc) is 2.57. The number of hydrogen-bond acceptors (Lipinski definition) is 2. The number of amides is 1. The standard InChI is InChI=1S/C15H22N2O/c1-11-5-4-9-17(10-8-11)15(18)13-6-3-7-14(16)12(13)2/h3,6-7,11H,4-5,8-10,16H2,1-2H3. The highest BCUT2D eigenvalue weighted by molar-refractivity contribution is 5.96. The molecule has 1 atom stereocenters. The van der Waals surface area contributed by atoms with Gasteiger partial charge in [0.15, 0.2) is 0 Å². The molecular formula is C15H22N2O. The second-order valence-electron chi connectivity index (χ2n) is 5.35. The van der Waals surface area contributed by atoms with Crippen LogP contribution < -0.4 is 5.73 Å². The van der Waals surface area contributed by atoms with Gasteiger partial charge in [0.1, 0.15) is 0 Å². The first-order chi connectivity index (χ1) is 8.59. The summed E-state index contributed by atoms with van der Waals surface area (Å²) in [6.45, 7) is 5.92. The number of benzene rings is 1. The van der Waals surface area contributed by atoms with Gasteiger partial charge in [-0.05, 0) is 49.8 Å². The number of nitrogens with zero attached hydrogens (tertiary/aromatic N) is 1. The number of nitrogen functional groups attached to an aromatic ring is 1. The Morgan fingerprint density at radius 3 is 2.89 bits per heavy atom. The van der Waals surface area contributed by atoms with Crippen LogP contribution in [0.4, 0.5) is 5.69 Å². The van der Waals surface area contributed by atoms with Crippen molar-refractivity contribution in [2.45, 2.75) is 33.1 Å². The van der Waals surface area contributed by atoms with E-state index in [1.54, 1.807) is 0 Å². The zero-order chi connectivity index (χ0) is 13.1. The maximum atomic E-state index is 12.5. The summed E-state index contributed by atoms with van der Waals surface area (Å²) in [5.74, 6) is 0.860. The van der Waals surface area contributed by atoms with Crippen LogP contribution >= 0.6 is 0 Å². The summed E-state index contributed by atoms with van der Waals surface area (Å²) >= 11 is 0. The largest absolute Gasteiger partial charge is 0.398 e. The van der Waals surface area contributed by atoms with Crippen LogP contribution in [0.5, 0.6) is 0 Å². The molecule has 1 amide bonds. The second-order valence-corrected chi connectivity index (χ2v) is 5.35. The third-order valence-electron chi connectivity index (χ3n) is 3.91. The van der Waals surface area contributed by atoms with Crippen molar-refractivity contribution >= 4 is 11.6 Å². The minimum atomic E-state index is 0.133. The zero-order valence-electron chi connectivity index (χ0n) is 11.3. The van der Waals surface area contributed by atoms with E-state index in [4.69, 9.17) is 5.73 Å². The fourth-order valence-electron chi connectivity index (χ4n) is 2.52. The summed E-state index contributed by atoms with van der Waals surface area (Å²) < 4.78 is 0. The molecule has 1 fully saturated rings. The fraction of sp³-hybridized carbons (Fsp3) is 0.533. The normalized spacial score (nSPS) is 20.6. The monoisotopic (exact) mass is 246 g/mol. The molecule has 1 aliphatic rings. The highest BCUT2D eigenvalue weighted by atomic mass is 16.2. The number of carbonyl (C=O) groups is 1. The Kier molecular flexibility index (Phi) is 3.90. The molecule has 0 spiro atoms. The third kappa shape index (κ3) is 2.66. The fourth-order valence-corrected chi connectivity index (χ4v) is 2.52. The molecule has 1 aliphatic heterocycles. The van der Waals surface area contributed by atoms with Crippen LogP contribution in [0, 0.1) is 12.8 Å². The van der Waals surface area contributed by atoms with Gasteiger partial charge in [0.05, 0.1) is 0 Å². The topological polar surface area (TPSA) is 46.3 Å². The van der Waals surface area contributed by atoms with Crippen LogP contribution in [-0.4, -0.2) is 23.9 Å². The lowest BCUT2D eigenvalue weighted by molar-refractivity contribution is 0.0759. The molecule has 1 saturated heterocycles. The number of likely N-dealkylation sites (tertiary alicyclic amines) is 1. The number of nitrogens with two attached hydrogens (primary N) is 1. The molecule has 1 unspecified atom stereocenters. The molecule has 0 aromatic heterocycles. The predicted octanol–water partition coefficient (Wildman–Crippen LogP) is 2.84. The highest BCUT2D eigenvalue weighted by Gasteiger charge is 2.21. The third-order valence-corrected chi connectivity index (χ3v) is 3.91. The lowest BCUT2D eigenvalue weighted by Gasteiger charge is -2.21. The van der Waals surface area contributed by atoms with Crippen LogP contribution in [-0.2, 0) is 0 Å². The average molecular weight is 246 g/mol. The summed E-state index contributed by atoms with van der Waals surface area (Å²) in [5.41, 5.74) is 8.23. The van der Waals surface area contributed by atoms with Crippen molar-refractivity contribution in [2.75, 3.05) is 18.8 Å². The molecule has 1 aromatic carbocycles. The maximum absolute atomic E-state index is 12.5. The quantitative estimate of drug-likeness (QED) is 0.774. The zero-order valence-corrected chi connectivity index (χ0v) is 11.3. The van der Waals surface area contributed by atoms with Crippen molar-refractivity contribution in [2.24, 2.45) is 5.92 Å². The summed E-state index contributed by atoms with van der Waals surface area (Å²) in [6.07, 6.45) is 3.43. The molecule has 3 heteroatoms. The van der Waals surface area contributed by atoms with E-state index in [1.807, 2.05) is 30.0 Å². The van der Waals surface area contributed by atoms with Gasteiger partial charge < -0.3 is 10.6 Å². The Morgan fingerprint density at radius 2 is 2.11 bits per heavy atom.